The van der Waals surface area contributed by atoms with Crippen LogP contribution < -0.4 is 0 Å². The Kier molecular flexibility index (Phi) is 6.34. The Morgan fingerprint density at radius 3 is 1.71 bits per heavy atom. The molecular weight excluding hydrogens is 339 g/mol. The Morgan fingerprint density at radius 1 is 0.833 bits per heavy atom. The van der Waals surface area contributed by atoms with Gasteiger partial charge in [-0.1, -0.05) is 25.0 Å². The summed E-state index contributed by atoms with van der Waals surface area (Å²) >= 11 is 0. The summed E-state index contributed by atoms with van der Waals surface area (Å²) < 4.78 is 33.3. The van der Waals surface area contributed by atoms with Gasteiger partial charge in [0.25, 0.3) is 0 Å². The van der Waals surface area contributed by atoms with Gasteiger partial charge in [0.1, 0.15) is 10.1 Å². The van der Waals surface area contributed by atoms with E-state index in [2.05, 4.69) is 0 Å². The van der Waals surface area contributed by atoms with E-state index in [9.17, 15) is 13.0 Å². The highest BCUT2D eigenvalue weighted by atomic mass is 32.2. The third kappa shape index (κ3) is 4.80. The normalized spacial score (nSPS) is 21.2. The molecule has 0 aromatic heterocycles. The summed E-state index contributed by atoms with van der Waals surface area (Å²) in [4.78, 5) is -0.102. The topological polar surface area (TPSA) is 57.2 Å². The SMILES string of the molecule is O=S(=O)([O-])c1ccc(C[PH+](C2CCCCC2)C2CCCCC2)cc1. The van der Waals surface area contributed by atoms with E-state index >= 15 is 0 Å². The van der Waals surface area contributed by atoms with Gasteiger partial charge in [0.2, 0.25) is 0 Å². The first kappa shape index (κ1) is 18.4. The molecule has 2 aliphatic carbocycles. The van der Waals surface area contributed by atoms with E-state index in [1.807, 2.05) is 12.1 Å². The Labute approximate surface area is 147 Å². The molecule has 0 atom stereocenters. The van der Waals surface area contributed by atoms with E-state index in [0.29, 0.717) is 0 Å². The van der Waals surface area contributed by atoms with Crippen molar-refractivity contribution in [3.8, 4) is 0 Å². The molecule has 0 unspecified atom stereocenters. The molecule has 2 saturated carbocycles. The summed E-state index contributed by atoms with van der Waals surface area (Å²) in [6.07, 6.45) is 15.1. The maximum Gasteiger partial charge on any atom is 0.124 e. The van der Waals surface area contributed by atoms with Crippen LogP contribution in [0.3, 0.4) is 0 Å². The molecule has 134 valence electrons. The van der Waals surface area contributed by atoms with Gasteiger partial charge < -0.3 is 4.55 Å². The van der Waals surface area contributed by atoms with Crippen LogP contribution in [0.4, 0.5) is 0 Å². The highest BCUT2D eigenvalue weighted by Crippen LogP contribution is 2.57. The van der Waals surface area contributed by atoms with Crippen molar-refractivity contribution in [2.75, 3.05) is 0 Å². The highest BCUT2D eigenvalue weighted by Gasteiger charge is 2.37. The third-order valence-electron chi connectivity index (χ3n) is 5.88. The summed E-state index contributed by atoms with van der Waals surface area (Å²) in [5.41, 5.74) is 3.08. The van der Waals surface area contributed by atoms with Gasteiger partial charge in [-0.05, 0) is 69.1 Å². The average Bonchev–Trinajstić information content (AvgIpc) is 2.61. The second kappa shape index (κ2) is 8.29. The molecule has 5 heteroatoms. The minimum Gasteiger partial charge on any atom is -0.744 e. The molecule has 0 spiro atoms. The van der Waals surface area contributed by atoms with E-state index in [0.717, 1.165) is 17.5 Å². The van der Waals surface area contributed by atoms with Gasteiger partial charge in [0.05, 0.1) is 22.4 Å². The van der Waals surface area contributed by atoms with Crippen molar-refractivity contribution in [3.63, 3.8) is 0 Å². The molecule has 24 heavy (non-hydrogen) atoms. The second-order valence-electron chi connectivity index (χ2n) is 7.52. The van der Waals surface area contributed by atoms with Gasteiger partial charge in [-0.25, -0.2) is 8.42 Å². The lowest BCUT2D eigenvalue weighted by Crippen LogP contribution is -2.21. The molecule has 1 aromatic carbocycles. The van der Waals surface area contributed by atoms with Crippen molar-refractivity contribution >= 4 is 18.0 Å². The Bertz CT molecular complexity index is 597. The summed E-state index contributed by atoms with van der Waals surface area (Å²) in [5, 5.41) is 0. The van der Waals surface area contributed by atoms with Gasteiger partial charge >= 0.3 is 0 Å². The first-order valence-electron chi connectivity index (χ1n) is 9.44. The van der Waals surface area contributed by atoms with Crippen LogP contribution in [0.5, 0.6) is 0 Å². The minimum atomic E-state index is -4.33. The van der Waals surface area contributed by atoms with Crippen LogP contribution >= 0.6 is 7.92 Å². The highest BCUT2D eigenvalue weighted by molar-refractivity contribution is 7.85. The number of benzene rings is 1. The molecule has 0 bridgehead atoms. The van der Waals surface area contributed by atoms with E-state index < -0.39 is 18.0 Å². The molecule has 3 rings (SSSR count). The lowest BCUT2D eigenvalue weighted by atomic mass is 9.99. The fourth-order valence-corrected chi connectivity index (χ4v) is 9.30. The molecule has 0 saturated heterocycles. The molecule has 0 aliphatic heterocycles. The Balaban J connectivity index is 1.75. The van der Waals surface area contributed by atoms with Crippen LogP contribution in [-0.2, 0) is 16.3 Å². The smallest absolute Gasteiger partial charge is 0.124 e. The lowest BCUT2D eigenvalue weighted by molar-refractivity contribution is 0.463. The largest absolute Gasteiger partial charge is 0.744 e. The zero-order valence-corrected chi connectivity index (χ0v) is 16.2. The molecule has 0 amide bonds. The quantitative estimate of drug-likeness (QED) is 0.544. The van der Waals surface area contributed by atoms with Crippen molar-refractivity contribution in [1.29, 1.82) is 0 Å². The maximum absolute atomic E-state index is 11.1. The number of rotatable bonds is 5. The average molecular weight is 368 g/mol. The first-order valence-corrected chi connectivity index (χ1v) is 12.7. The minimum absolute atomic E-state index is 0.102. The predicted octanol–water partition coefficient (Wildman–Crippen LogP) is 4.97. The van der Waals surface area contributed by atoms with Gasteiger partial charge in [-0.3, -0.25) is 0 Å². The Hall–Kier alpha value is -0.440. The number of hydrogen-bond acceptors (Lipinski definition) is 3. The van der Waals surface area contributed by atoms with Gasteiger partial charge in [-0.15, -0.1) is 0 Å². The first-order chi connectivity index (χ1) is 11.5. The van der Waals surface area contributed by atoms with Crippen LogP contribution in [0, 0.1) is 0 Å². The summed E-state index contributed by atoms with van der Waals surface area (Å²) in [7, 11) is -4.80. The van der Waals surface area contributed by atoms with Crippen LogP contribution in [0.25, 0.3) is 0 Å². The van der Waals surface area contributed by atoms with E-state index in [-0.39, 0.29) is 4.90 Å². The predicted molar refractivity (Wildman–Crippen MR) is 100 cm³/mol. The molecule has 0 radical (unpaired) electrons. The molecular formula is C19H29O3PS. The maximum atomic E-state index is 11.1. The van der Waals surface area contributed by atoms with Crippen LogP contribution in [0.2, 0.25) is 0 Å². The fourth-order valence-electron chi connectivity index (χ4n) is 4.58. The van der Waals surface area contributed by atoms with Gasteiger partial charge in [-0.2, -0.15) is 0 Å². The molecule has 0 N–H and O–H groups in total. The van der Waals surface area contributed by atoms with Crippen molar-refractivity contribution < 1.29 is 13.0 Å². The fraction of sp³-hybridized carbons (Fsp3) is 0.684. The lowest BCUT2D eigenvalue weighted by Gasteiger charge is -2.32. The molecule has 3 nitrogen and oxygen atoms in total. The third-order valence-corrected chi connectivity index (χ3v) is 10.8. The van der Waals surface area contributed by atoms with Gasteiger partial charge in [0.15, 0.2) is 0 Å². The molecule has 0 heterocycles. The van der Waals surface area contributed by atoms with E-state index in [1.165, 1.54) is 81.9 Å². The molecule has 1 aromatic rings. The summed E-state index contributed by atoms with van der Waals surface area (Å²) in [6, 6.07) is 6.75. The standard InChI is InChI=1S/C19H29O3PS/c20-24(21,22)19-13-11-16(12-14-19)15-23(17-7-3-1-4-8-17)18-9-5-2-6-10-18/h11-14,17-18H,1-10,15H2,(H,20,21,22). The van der Waals surface area contributed by atoms with Crippen molar-refractivity contribution in [2.45, 2.75) is 86.6 Å². The van der Waals surface area contributed by atoms with Crippen LogP contribution in [-0.4, -0.2) is 24.3 Å². The van der Waals surface area contributed by atoms with E-state index in [1.54, 1.807) is 0 Å². The summed E-state index contributed by atoms with van der Waals surface area (Å²) in [5.74, 6) is 0. The zero-order chi connectivity index (χ0) is 17.0. The van der Waals surface area contributed by atoms with Gasteiger partial charge in [0, 0.05) is 7.92 Å². The van der Waals surface area contributed by atoms with Crippen molar-refractivity contribution in [2.24, 2.45) is 0 Å². The summed E-state index contributed by atoms with van der Waals surface area (Å²) in [6.45, 7) is 0. The Morgan fingerprint density at radius 2 is 1.29 bits per heavy atom. The second-order valence-corrected chi connectivity index (χ2v) is 12.0. The molecule has 2 fully saturated rings. The monoisotopic (exact) mass is 368 g/mol. The van der Waals surface area contributed by atoms with Crippen molar-refractivity contribution in [1.82, 2.24) is 0 Å². The van der Waals surface area contributed by atoms with Crippen LogP contribution in [0.1, 0.15) is 69.8 Å². The van der Waals surface area contributed by atoms with E-state index in [4.69, 9.17) is 0 Å². The van der Waals surface area contributed by atoms with Crippen LogP contribution in [0.15, 0.2) is 29.2 Å². The zero-order valence-electron chi connectivity index (χ0n) is 14.4. The van der Waals surface area contributed by atoms with Crippen molar-refractivity contribution in [3.05, 3.63) is 29.8 Å². The molecule has 2 aliphatic rings. The number of hydrogen-bond donors (Lipinski definition) is 0.